The highest BCUT2D eigenvalue weighted by molar-refractivity contribution is 7.90. The van der Waals surface area contributed by atoms with Gasteiger partial charge in [-0.3, -0.25) is 4.84 Å². The largest absolute Gasteiger partial charge is 0.265 e. The average Bonchev–Trinajstić information content (AvgIpc) is 2.76. The number of nitrogens with zero attached hydrogens (tertiary/aromatic N) is 1. The second-order valence-corrected chi connectivity index (χ2v) is 5.70. The van der Waals surface area contributed by atoms with E-state index in [1.165, 1.54) is 17.2 Å². The highest BCUT2D eigenvalue weighted by atomic mass is 32.2. The van der Waals surface area contributed by atoms with E-state index >= 15 is 0 Å². The number of hydrogen-bond donors (Lipinski definition) is 0. The quantitative estimate of drug-likeness (QED) is 0.826. The Bertz CT molecular complexity index is 536. The first-order chi connectivity index (χ1) is 8.02. The number of hydroxylamine groups is 1. The van der Waals surface area contributed by atoms with Gasteiger partial charge in [0.1, 0.15) is 6.67 Å². The number of allylic oxidation sites excluding steroid dienone is 1. The van der Waals surface area contributed by atoms with Gasteiger partial charge in [0.05, 0.1) is 22.9 Å². The smallest absolute Gasteiger partial charge is 0.175 e. The number of hydrogen-bond acceptors (Lipinski definition) is 4. The SMILES string of the molecule is CS(=O)(=O)c1ccc(N2OCC=C2CF)cc1. The molecule has 17 heavy (non-hydrogen) atoms. The molecule has 0 radical (unpaired) electrons. The van der Waals surface area contributed by atoms with Gasteiger partial charge >= 0.3 is 0 Å². The van der Waals surface area contributed by atoms with Crippen molar-refractivity contribution in [1.82, 2.24) is 0 Å². The van der Waals surface area contributed by atoms with Gasteiger partial charge in [0, 0.05) is 6.26 Å². The summed E-state index contributed by atoms with van der Waals surface area (Å²) in [7, 11) is -3.21. The lowest BCUT2D eigenvalue weighted by atomic mass is 10.3. The zero-order chi connectivity index (χ0) is 12.5. The van der Waals surface area contributed by atoms with Crippen molar-refractivity contribution < 1.29 is 17.6 Å². The van der Waals surface area contributed by atoms with Gasteiger partial charge in [-0.05, 0) is 30.3 Å². The molecule has 0 aromatic heterocycles. The molecular weight excluding hydrogens is 245 g/mol. The molecular formula is C11H12FNO3S. The minimum absolute atomic E-state index is 0.228. The molecule has 0 atom stereocenters. The number of halogens is 1. The van der Waals surface area contributed by atoms with Gasteiger partial charge in [0.25, 0.3) is 0 Å². The fraction of sp³-hybridized carbons (Fsp3) is 0.273. The van der Waals surface area contributed by atoms with Gasteiger partial charge < -0.3 is 0 Å². The molecule has 0 fully saturated rings. The maximum absolute atomic E-state index is 12.6. The molecule has 1 heterocycles. The van der Waals surface area contributed by atoms with Crippen LogP contribution in [0.1, 0.15) is 0 Å². The molecule has 0 spiro atoms. The number of alkyl halides is 1. The van der Waals surface area contributed by atoms with Crippen LogP contribution in [-0.4, -0.2) is 28.0 Å². The van der Waals surface area contributed by atoms with E-state index in [0.717, 1.165) is 6.26 Å². The first-order valence-corrected chi connectivity index (χ1v) is 6.89. The lowest BCUT2D eigenvalue weighted by Gasteiger charge is -2.19. The van der Waals surface area contributed by atoms with E-state index in [2.05, 4.69) is 0 Å². The molecule has 6 heteroatoms. The van der Waals surface area contributed by atoms with Crippen LogP contribution in [0.2, 0.25) is 0 Å². The highest BCUT2D eigenvalue weighted by Gasteiger charge is 2.18. The molecule has 0 N–H and O–H groups in total. The molecule has 0 unspecified atom stereocenters. The lowest BCUT2D eigenvalue weighted by Crippen LogP contribution is -2.18. The zero-order valence-electron chi connectivity index (χ0n) is 9.26. The third kappa shape index (κ3) is 2.48. The fourth-order valence-corrected chi connectivity index (χ4v) is 2.18. The van der Waals surface area contributed by atoms with Crippen molar-refractivity contribution in [2.45, 2.75) is 4.90 Å². The molecule has 1 aromatic carbocycles. The first-order valence-electron chi connectivity index (χ1n) is 5.00. The van der Waals surface area contributed by atoms with Crippen LogP contribution >= 0.6 is 0 Å². The summed E-state index contributed by atoms with van der Waals surface area (Å²) in [6.07, 6.45) is 2.78. The van der Waals surface area contributed by atoms with Crippen molar-refractivity contribution in [3.63, 3.8) is 0 Å². The molecule has 0 aliphatic carbocycles. The van der Waals surface area contributed by atoms with Gasteiger partial charge in [-0.25, -0.2) is 17.9 Å². The summed E-state index contributed by atoms with van der Waals surface area (Å²) >= 11 is 0. The van der Waals surface area contributed by atoms with E-state index in [-0.39, 0.29) is 4.90 Å². The summed E-state index contributed by atoms with van der Waals surface area (Å²) in [6, 6.07) is 6.13. The van der Waals surface area contributed by atoms with E-state index in [4.69, 9.17) is 4.84 Å². The second-order valence-electron chi connectivity index (χ2n) is 3.69. The summed E-state index contributed by atoms with van der Waals surface area (Å²) in [5, 5.41) is 1.37. The van der Waals surface area contributed by atoms with Crippen LogP contribution in [-0.2, 0) is 14.7 Å². The van der Waals surface area contributed by atoms with Crippen LogP contribution in [0.3, 0.4) is 0 Å². The summed E-state index contributed by atoms with van der Waals surface area (Å²) in [6.45, 7) is -0.291. The van der Waals surface area contributed by atoms with Crippen molar-refractivity contribution in [3.05, 3.63) is 36.0 Å². The Morgan fingerprint density at radius 1 is 1.35 bits per heavy atom. The van der Waals surface area contributed by atoms with Crippen molar-refractivity contribution >= 4 is 15.5 Å². The summed E-state index contributed by atoms with van der Waals surface area (Å²) < 4.78 is 35.2. The molecule has 0 amide bonds. The van der Waals surface area contributed by atoms with Crippen LogP contribution in [0.4, 0.5) is 10.1 Å². The second kappa shape index (κ2) is 4.46. The lowest BCUT2D eigenvalue weighted by molar-refractivity contribution is 0.171. The topological polar surface area (TPSA) is 46.6 Å². The van der Waals surface area contributed by atoms with E-state index in [1.54, 1.807) is 18.2 Å². The molecule has 0 saturated heterocycles. The number of benzene rings is 1. The van der Waals surface area contributed by atoms with Crippen molar-refractivity contribution in [1.29, 1.82) is 0 Å². The van der Waals surface area contributed by atoms with Gasteiger partial charge in [-0.15, -0.1) is 0 Å². The van der Waals surface area contributed by atoms with Crippen molar-refractivity contribution in [2.24, 2.45) is 0 Å². The third-order valence-electron chi connectivity index (χ3n) is 2.42. The molecule has 1 aliphatic rings. The predicted molar refractivity (Wildman–Crippen MR) is 62.0 cm³/mol. The predicted octanol–water partition coefficient (Wildman–Crippen LogP) is 1.70. The van der Waals surface area contributed by atoms with Crippen LogP contribution in [0, 0.1) is 0 Å². The van der Waals surface area contributed by atoms with Crippen LogP contribution < -0.4 is 5.06 Å². The average molecular weight is 257 g/mol. The van der Waals surface area contributed by atoms with Gasteiger partial charge in [0.2, 0.25) is 0 Å². The maximum Gasteiger partial charge on any atom is 0.175 e. The zero-order valence-corrected chi connectivity index (χ0v) is 10.1. The summed E-state index contributed by atoms with van der Waals surface area (Å²) in [5.74, 6) is 0. The van der Waals surface area contributed by atoms with Crippen LogP contribution in [0.15, 0.2) is 40.9 Å². The number of rotatable bonds is 3. The first kappa shape index (κ1) is 12.1. The Balaban J connectivity index is 2.28. The Morgan fingerprint density at radius 2 is 2.00 bits per heavy atom. The normalized spacial score (nSPS) is 16.1. The Labute approximate surface area is 99.2 Å². The Hall–Kier alpha value is -1.40. The molecule has 1 aromatic rings. The number of sulfone groups is 1. The van der Waals surface area contributed by atoms with E-state index in [9.17, 15) is 12.8 Å². The molecule has 0 bridgehead atoms. The molecule has 92 valence electrons. The summed E-state index contributed by atoms with van der Waals surface area (Å²) in [5.41, 5.74) is 1.04. The van der Waals surface area contributed by atoms with Crippen LogP contribution in [0.25, 0.3) is 0 Å². The monoisotopic (exact) mass is 257 g/mol. The Kier molecular flexibility index (Phi) is 3.17. The summed E-state index contributed by atoms with van der Waals surface area (Å²) in [4.78, 5) is 5.45. The van der Waals surface area contributed by atoms with Gasteiger partial charge in [-0.2, -0.15) is 0 Å². The minimum Gasteiger partial charge on any atom is -0.265 e. The maximum atomic E-state index is 12.6. The van der Waals surface area contributed by atoms with E-state index in [0.29, 0.717) is 18.0 Å². The molecule has 0 saturated carbocycles. The standard InChI is InChI=1S/C11H12FNO3S/c1-17(14,15)11-4-2-9(3-5-11)13-10(8-12)6-7-16-13/h2-6H,7-8H2,1H3. The Morgan fingerprint density at radius 3 is 2.53 bits per heavy atom. The minimum atomic E-state index is -3.21. The van der Waals surface area contributed by atoms with E-state index in [1.807, 2.05) is 0 Å². The van der Waals surface area contributed by atoms with Crippen molar-refractivity contribution in [2.75, 3.05) is 24.6 Å². The van der Waals surface area contributed by atoms with Crippen molar-refractivity contribution in [3.8, 4) is 0 Å². The van der Waals surface area contributed by atoms with Gasteiger partial charge in [0.15, 0.2) is 9.84 Å². The van der Waals surface area contributed by atoms with E-state index < -0.39 is 16.5 Å². The number of anilines is 1. The highest BCUT2D eigenvalue weighted by Crippen LogP contribution is 2.25. The third-order valence-corrected chi connectivity index (χ3v) is 3.55. The van der Waals surface area contributed by atoms with Gasteiger partial charge in [-0.1, -0.05) is 0 Å². The van der Waals surface area contributed by atoms with Crippen LogP contribution in [0.5, 0.6) is 0 Å². The molecule has 1 aliphatic heterocycles. The molecule has 4 nitrogen and oxygen atoms in total. The fourth-order valence-electron chi connectivity index (χ4n) is 1.55. The molecule has 2 rings (SSSR count).